The van der Waals surface area contributed by atoms with Gasteiger partial charge in [-0.1, -0.05) is 0 Å². The minimum atomic E-state index is -4.35. The van der Waals surface area contributed by atoms with Gasteiger partial charge in [0.2, 0.25) is 10.0 Å². The molecule has 0 saturated carbocycles. The molecule has 0 aliphatic carbocycles. The van der Waals surface area contributed by atoms with Crippen LogP contribution in [0.5, 0.6) is 0 Å². The number of alkyl halides is 3. The maximum atomic E-state index is 11.9. The summed E-state index contributed by atoms with van der Waals surface area (Å²) < 4.78 is 60.4. The third kappa shape index (κ3) is 5.77. The first kappa shape index (κ1) is 16.2. The van der Waals surface area contributed by atoms with Gasteiger partial charge in [0.15, 0.2) is 0 Å². The van der Waals surface area contributed by atoms with Crippen molar-refractivity contribution in [2.45, 2.75) is 31.9 Å². The van der Waals surface area contributed by atoms with Gasteiger partial charge < -0.3 is 5.11 Å². The molecule has 5 nitrogen and oxygen atoms in total. The molecule has 1 N–H and O–H groups in total. The van der Waals surface area contributed by atoms with Crippen LogP contribution < -0.4 is 0 Å². The number of aliphatic carboxylic acids is 1. The van der Waals surface area contributed by atoms with Gasteiger partial charge in [0.1, 0.15) is 0 Å². The van der Waals surface area contributed by atoms with Crippen molar-refractivity contribution in [3.63, 3.8) is 0 Å². The third-order valence-electron chi connectivity index (χ3n) is 2.97. The summed E-state index contributed by atoms with van der Waals surface area (Å²) in [4.78, 5) is 10.5. The number of carboxylic acid groups (broad SMARTS) is 1. The number of hydrogen-bond acceptors (Lipinski definition) is 3. The van der Waals surface area contributed by atoms with Crippen molar-refractivity contribution in [2.75, 3.05) is 18.8 Å². The Bertz CT molecular complexity index is 421. The van der Waals surface area contributed by atoms with E-state index in [1.54, 1.807) is 0 Å². The fraction of sp³-hybridized carbons (Fsp3) is 0.900. The van der Waals surface area contributed by atoms with Crippen LogP contribution in [0, 0.1) is 5.92 Å². The SMILES string of the molecule is O=C(O)CC1CCN(S(=O)(=O)CCCC(F)(F)F)C1. The molecule has 0 spiro atoms. The lowest BCUT2D eigenvalue weighted by Gasteiger charge is -2.16. The van der Waals surface area contributed by atoms with Gasteiger partial charge in [-0.15, -0.1) is 0 Å². The summed E-state index contributed by atoms with van der Waals surface area (Å²) in [5, 5.41) is 8.60. The van der Waals surface area contributed by atoms with E-state index in [9.17, 15) is 26.4 Å². The van der Waals surface area contributed by atoms with Crippen LogP contribution in [0.25, 0.3) is 0 Å². The summed E-state index contributed by atoms with van der Waals surface area (Å²) in [6, 6.07) is 0. The predicted molar refractivity (Wildman–Crippen MR) is 61.0 cm³/mol. The molecule has 1 saturated heterocycles. The Balaban J connectivity index is 2.44. The quantitative estimate of drug-likeness (QED) is 0.806. The van der Waals surface area contributed by atoms with Gasteiger partial charge in [-0.3, -0.25) is 4.79 Å². The molecule has 0 aromatic heterocycles. The molecular weight excluding hydrogens is 287 g/mol. The van der Waals surface area contributed by atoms with Crippen molar-refractivity contribution >= 4 is 16.0 Å². The molecule has 0 bridgehead atoms. The number of hydrogen-bond donors (Lipinski definition) is 1. The summed E-state index contributed by atoms with van der Waals surface area (Å²) in [6.07, 6.45) is -5.63. The molecule has 1 aliphatic heterocycles. The molecule has 0 aromatic rings. The van der Waals surface area contributed by atoms with E-state index >= 15 is 0 Å². The van der Waals surface area contributed by atoms with Crippen LogP contribution in [0.4, 0.5) is 13.2 Å². The highest BCUT2D eigenvalue weighted by Gasteiger charge is 2.33. The molecule has 1 heterocycles. The molecule has 1 fully saturated rings. The first-order chi connectivity index (χ1) is 8.60. The zero-order chi connectivity index (χ0) is 14.7. The number of halogens is 3. The lowest BCUT2D eigenvalue weighted by atomic mass is 10.1. The van der Waals surface area contributed by atoms with Crippen molar-refractivity contribution < 1.29 is 31.5 Å². The standard InChI is InChI=1S/C10H16F3NO4S/c11-10(12,13)3-1-5-19(17,18)14-4-2-8(7-14)6-9(15)16/h8H,1-7H2,(H,15,16). The average Bonchev–Trinajstić information content (AvgIpc) is 2.63. The minimum absolute atomic E-state index is 0.0840. The third-order valence-corrected chi connectivity index (χ3v) is 4.89. The van der Waals surface area contributed by atoms with E-state index in [0.29, 0.717) is 6.42 Å². The number of carbonyl (C=O) groups is 1. The second-order valence-corrected chi connectivity index (χ2v) is 6.73. The Hall–Kier alpha value is -0.830. The van der Waals surface area contributed by atoms with Crippen LogP contribution in [0.1, 0.15) is 25.7 Å². The highest BCUT2D eigenvalue weighted by molar-refractivity contribution is 7.89. The van der Waals surface area contributed by atoms with E-state index in [0.717, 1.165) is 4.31 Å². The van der Waals surface area contributed by atoms with Gasteiger partial charge in [-0.05, 0) is 18.8 Å². The Morgan fingerprint density at radius 3 is 2.53 bits per heavy atom. The maximum absolute atomic E-state index is 11.9. The molecule has 1 aliphatic rings. The number of sulfonamides is 1. The summed E-state index contributed by atoms with van der Waals surface area (Å²) in [7, 11) is -3.71. The van der Waals surface area contributed by atoms with Gasteiger partial charge >= 0.3 is 12.1 Å². The van der Waals surface area contributed by atoms with E-state index in [1.165, 1.54) is 0 Å². The van der Waals surface area contributed by atoms with E-state index in [4.69, 9.17) is 5.11 Å². The average molecular weight is 303 g/mol. The van der Waals surface area contributed by atoms with Crippen molar-refractivity contribution in [1.82, 2.24) is 4.31 Å². The number of nitrogens with zero attached hydrogens (tertiary/aromatic N) is 1. The first-order valence-corrected chi connectivity index (χ1v) is 7.47. The molecular formula is C10H16F3NO4S. The highest BCUT2D eigenvalue weighted by atomic mass is 32.2. The molecule has 1 atom stereocenters. The number of rotatable bonds is 6. The number of carboxylic acids is 1. The summed E-state index contributed by atoms with van der Waals surface area (Å²) in [5.41, 5.74) is 0. The molecule has 0 aromatic carbocycles. The van der Waals surface area contributed by atoms with Gasteiger partial charge in [-0.25, -0.2) is 12.7 Å². The molecule has 0 amide bonds. The van der Waals surface area contributed by atoms with Gasteiger partial charge in [0, 0.05) is 25.9 Å². The van der Waals surface area contributed by atoms with Crippen LogP contribution in [0.15, 0.2) is 0 Å². The van der Waals surface area contributed by atoms with E-state index in [-0.39, 0.29) is 25.4 Å². The smallest absolute Gasteiger partial charge is 0.389 e. The monoisotopic (exact) mass is 303 g/mol. The Morgan fingerprint density at radius 1 is 1.37 bits per heavy atom. The lowest BCUT2D eigenvalue weighted by Crippen LogP contribution is -2.31. The van der Waals surface area contributed by atoms with E-state index in [2.05, 4.69) is 0 Å². The van der Waals surface area contributed by atoms with Crippen molar-refractivity contribution in [3.05, 3.63) is 0 Å². The molecule has 1 rings (SSSR count). The largest absolute Gasteiger partial charge is 0.481 e. The summed E-state index contributed by atoms with van der Waals surface area (Å²) in [6.45, 7) is 0.271. The zero-order valence-electron chi connectivity index (χ0n) is 10.2. The molecule has 9 heteroatoms. The lowest BCUT2D eigenvalue weighted by molar-refractivity contribution is -0.138. The second kappa shape index (κ2) is 6.08. The second-order valence-electron chi connectivity index (χ2n) is 4.65. The van der Waals surface area contributed by atoms with E-state index < -0.39 is 40.8 Å². The van der Waals surface area contributed by atoms with E-state index in [1.807, 2.05) is 0 Å². The normalized spacial score (nSPS) is 21.7. The van der Waals surface area contributed by atoms with Crippen molar-refractivity contribution in [2.24, 2.45) is 5.92 Å². The van der Waals surface area contributed by atoms with Gasteiger partial charge in [0.25, 0.3) is 0 Å². The summed E-state index contributed by atoms with van der Waals surface area (Å²) >= 11 is 0. The topological polar surface area (TPSA) is 74.7 Å². The first-order valence-electron chi connectivity index (χ1n) is 5.86. The Morgan fingerprint density at radius 2 is 2.00 bits per heavy atom. The van der Waals surface area contributed by atoms with Crippen molar-refractivity contribution in [3.8, 4) is 0 Å². The Labute approximate surface area is 109 Å². The van der Waals surface area contributed by atoms with Crippen molar-refractivity contribution in [1.29, 1.82) is 0 Å². The fourth-order valence-corrected chi connectivity index (χ4v) is 3.64. The van der Waals surface area contributed by atoms with Crippen LogP contribution in [0.3, 0.4) is 0 Å². The minimum Gasteiger partial charge on any atom is -0.481 e. The Kier molecular flexibility index (Phi) is 5.19. The zero-order valence-corrected chi connectivity index (χ0v) is 11.0. The van der Waals surface area contributed by atoms with Crippen LogP contribution in [0.2, 0.25) is 0 Å². The highest BCUT2D eigenvalue weighted by Crippen LogP contribution is 2.25. The van der Waals surface area contributed by atoms with Crippen LogP contribution in [-0.2, 0) is 14.8 Å². The maximum Gasteiger partial charge on any atom is 0.389 e. The van der Waals surface area contributed by atoms with Crippen LogP contribution >= 0.6 is 0 Å². The summed E-state index contributed by atoms with van der Waals surface area (Å²) in [5.74, 6) is -1.80. The fourth-order valence-electron chi connectivity index (χ4n) is 2.05. The molecule has 1 unspecified atom stereocenters. The van der Waals surface area contributed by atoms with Gasteiger partial charge in [-0.2, -0.15) is 13.2 Å². The van der Waals surface area contributed by atoms with Gasteiger partial charge in [0.05, 0.1) is 5.75 Å². The van der Waals surface area contributed by atoms with Crippen LogP contribution in [-0.4, -0.2) is 48.8 Å². The molecule has 19 heavy (non-hydrogen) atoms. The molecule has 112 valence electrons. The predicted octanol–water partition coefficient (Wildman–Crippen LogP) is 1.46. The molecule has 0 radical (unpaired) electrons.